The fraction of sp³-hybridized carbons (Fsp3) is 0.412. The highest BCUT2D eigenvalue weighted by atomic mass is 19.1. The summed E-state index contributed by atoms with van der Waals surface area (Å²) in [4.78, 5) is 13.1. The van der Waals surface area contributed by atoms with Gasteiger partial charge >= 0.3 is 0 Å². The number of hydrogen-bond donors (Lipinski definition) is 2. The number of allylic oxidation sites excluding steroid dienone is 3. The van der Waals surface area contributed by atoms with Crippen LogP contribution in [0.15, 0.2) is 60.2 Å². The van der Waals surface area contributed by atoms with Gasteiger partial charge < -0.3 is 11.1 Å². The van der Waals surface area contributed by atoms with Gasteiger partial charge in [0, 0.05) is 11.9 Å². The van der Waals surface area contributed by atoms with E-state index in [1.54, 1.807) is 16.8 Å². The van der Waals surface area contributed by atoms with Crippen molar-refractivity contribution in [2.45, 2.75) is 83.5 Å². The normalized spacial score (nSPS) is 21.4. The van der Waals surface area contributed by atoms with Crippen LogP contribution in [0.1, 0.15) is 97.8 Å². The van der Waals surface area contributed by atoms with Crippen LogP contribution in [0.2, 0.25) is 0 Å². The molecule has 2 heterocycles. The van der Waals surface area contributed by atoms with Crippen molar-refractivity contribution in [2.75, 3.05) is 11.1 Å². The maximum Gasteiger partial charge on any atom is 0.261 e. The van der Waals surface area contributed by atoms with E-state index < -0.39 is 0 Å². The zero-order valence-electron chi connectivity index (χ0n) is 23.8. The van der Waals surface area contributed by atoms with Crippen LogP contribution < -0.4 is 11.1 Å². The fourth-order valence-corrected chi connectivity index (χ4v) is 6.44. The van der Waals surface area contributed by atoms with Crippen molar-refractivity contribution in [2.24, 2.45) is 5.92 Å². The highest BCUT2D eigenvalue weighted by Gasteiger charge is 2.24. The molecule has 1 aliphatic carbocycles. The molecule has 3 N–H and O–H groups in total. The minimum atomic E-state index is -0.362. The smallest absolute Gasteiger partial charge is 0.261 e. The number of nitrogens with two attached hydrogens (primary N) is 1. The monoisotopic (exact) mass is 558 g/mol. The summed E-state index contributed by atoms with van der Waals surface area (Å²) in [5.74, 6) is 0.362. The average molecular weight is 559 g/mol. The number of nitrogens with zero attached hydrogens (tertiary/aromatic N) is 2. The summed E-state index contributed by atoms with van der Waals surface area (Å²) in [6.07, 6.45) is 17.5. The largest absolute Gasteiger partial charge is 0.382 e. The topological polar surface area (TPSA) is 72.9 Å². The van der Waals surface area contributed by atoms with Gasteiger partial charge in [-0.1, -0.05) is 43.9 Å². The van der Waals surface area contributed by atoms with Crippen molar-refractivity contribution in [3.8, 4) is 0 Å². The number of aryl methyl sites for hydroxylation is 1. The predicted molar refractivity (Wildman–Crippen MR) is 162 cm³/mol. The second-order valence-corrected chi connectivity index (χ2v) is 11.5. The van der Waals surface area contributed by atoms with E-state index in [1.165, 1.54) is 47.4 Å². The minimum Gasteiger partial charge on any atom is -0.382 e. The van der Waals surface area contributed by atoms with Gasteiger partial charge in [-0.05, 0) is 117 Å². The molecule has 216 valence electrons. The average Bonchev–Trinajstić information content (AvgIpc) is 3.14. The third-order valence-corrected chi connectivity index (χ3v) is 8.50. The van der Waals surface area contributed by atoms with Crippen molar-refractivity contribution in [1.82, 2.24) is 9.78 Å². The van der Waals surface area contributed by atoms with Gasteiger partial charge in [0.2, 0.25) is 0 Å². The van der Waals surface area contributed by atoms with Gasteiger partial charge in [0.15, 0.2) is 5.82 Å². The molecule has 2 aliphatic rings. The van der Waals surface area contributed by atoms with Crippen molar-refractivity contribution < 1.29 is 13.6 Å². The molecule has 1 aromatic heterocycles. The van der Waals surface area contributed by atoms with Crippen molar-refractivity contribution >= 4 is 23.6 Å². The molecule has 41 heavy (non-hydrogen) atoms. The third kappa shape index (κ3) is 7.13. The molecule has 1 fully saturated rings. The number of halogens is 2. The van der Waals surface area contributed by atoms with Crippen molar-refractivity contribution in [3.63, 3.8) is 0 Å². The maximum absolute atomic E-state index is 14.2. The highest BCUT2D eigenvalue weighted by Crippen LogP contribution is 2.38. The standard InChI is InChI=1S/C34H40F2N4O/c1-2-6-25-13-14-28(36)22-30(25)26-9-5-8-23(11-12-26)21-24-7-3-4-10-31-32(33(37)39-40(31)20-19-24)34(41)38-29-17-15-27(35)16-18-29/h7,13-20,22-23,26H,2-6,8-12,21H2,1H3,(H2,37,39)(H,38,41)/b20-19-,24-7+/t23?,26-/m0/s1. The van der Waals surface area contributed by atoms with Gasteiger partial charge in [0.1, 0.15) is 17.2 Å². The van der Waals surface area contributed by atoms with E-state index >= 15 is 0 Å². The number of carbonyl (C=O) groups is 1. The molecule has 7 heteroatoms. The molecule has 1 saturated carbocycles. The van der Waals surface area contributed by atoms with Gasteiger partial charge in [-0.3, -0.25) is 4.79 Å². The Hall–Kier alpha value is -3.74. The van der Waals surface area contributed by atoms with Crippen LogP contribution in [0.25, 0.3) is 6.20 Å². The Kier molecular flexibility index (Phi) is 9.32. The molecule has 3 aromatic rings. The van der Waals surface area contributed by atoms with E-state index in [1.807, 2.05) is 12.3 Å². The number of aromatic nitrogens is 2. The molecule has 2 aromatic carbocycles. The van der Waals surface area contributed by atoms with Crippen LogP contribution in [-0.4, -0.2) is 15.7 Å². The molecule has 1 aliphatic heterocycles. The Morgan fingerprint density at radius 1 is 1.05 bits per heavy atom. The number of nitrogen functional groups attached to an aromatic ring is 1. The summed E-state index contributed by atoms with van der Waals surface area (Å²) in [5.41, 5.74) is 11.7. The fourth-order valence-electron chi connectivity index (χ4n) is 6.44. The van der Waals surface area contributed by atoms with Gasteiger partial charge in [-0.2, -0.15) is 5.10 Å². The lowest BCUT2D eigenvalue weighted by atomic mass is 9.86. The Morgan fingerprint density at radius 2 is 1.85 bits per heavy atom. The lowest BCUT2D eigenvalue weighted by molar-refractivity contribution is 0.102. The lowest BCUT2D eigenvalue weighted by Crippen LogP contribution is -2.15. The zero-order valence-corrected chi connectivity index (χ0v) is 23.8. The quantitative estimate of drug-likeness (QED) is 0.286. The molecular weight excluding hydrogens is 518 g/mol. The summed E-state index contributed by atoms with van der Waals surface area (Å²) < 4.78 is 29.2. The number of hydrogen-bond acceptors (Lipinski definition) is 3. The number of nitrogens with one attached hydrogen (secondary N) is 1. The number of amides is 1. The molecule has 0 bridgehead atoms. The zero-order chi connectivity index (χ0) is 28.8. The first-order valence-electron chi connectivity index (χ1n) is 15.0. The summed E-state index contributed by atoms with van der Waals surface area (Å²) in [7, 11) is 0. The number of anilines is 2. The Balaban J connectivity index is 1.26. The first-order chi connectivity index (χ1) is 19.9. The van der Waals surface area contributed by atoms with E-state index in [-0.39, 0.29) is 23.4 Å². The lowest BCUT2D eigenvalue weighted by Gasteiger charge is -2.19. The Labute approximate surface area is 241 Å². The second kappa shape index (κ2) is 13.3. The molecule has 1 amide bonds. The van der Waals surface area contributed by atoms with E-state index in [2.05, 4.69) is 29.5 Å². The first kappa shape index (κ1) is 28.8. The van der Waals surface area contributed by atoms with Gasteiger partial charge in [-0.15, -0.1) is 0 Å². The minimum absolute atomic E-state index is 0.128. The highest BCUT2D eigenvalue weighted by molar-refractivity contribution is 6.08. The van der Waals surface area contributed by atoms with Gasteiger partial charge in [-0.25, -0.2) is 13.5 Å². The number of carbonyl (C=O) groups excluding carboxylic acids is 1. The van der Waals surface area contributed by atoms with Crippen LogP contribution in [0.5, 0.6) is 0 Å². The molecule has 0 saturated heterocycles. The number of rotatable bonds is 7. The van der Waals surface area contributed by atoms with Crippen LogP contribution >= 0.6 is 0 Å². The predicted octanol–water partition coefficient (Wildman–Crippen LogP) is 8.44. The summed E-state index contributed by atoms with van der Waals surface area (Å²) in [6, 6.07) is 11.0. The van der Waals surface area contributed by atoms with Crippen LogP contribution in [0, 0.1) is 17.6 Å². The van der Waals surface area contributed by atoms with E-state index in [0.29, 0.717) is 29.5 Å². The summed E-state index contributed by atoms with van der Waals surface area (Å²) in [6.45, 7) is 2.18. The SMILES string of the molecule is CCCc1ccc(F)cc1[C@H]1CCCC(CC2=C/CCCc3c(C(=O)Nc4ccc(F)cc4)c(N)nn3/C=C\2)CC1. The molecule has 0 radical (unpaired) electrons. The van der Waals surface area contributed by atoms with E-state index in [0.717, 1.165) is 63.5 Å². The summed E-state index contributed by atoms with van der Waals surface area (Å²) >= 11 is 0. The Bertz CT molecular complexity index is 1420. The molecule has 0 spiro atoms. The Morgan fingerprint density at radius 3 is 2.66 bits per heavy atom. The maximum atomic E-state index is 14.2. The van der Waals surface area contributed by atoms with E-state index in [4.69, 9.17) is 5.73 Å². The first-order valence-corrected chi connectivity index (χ1v) is 15.0. The summed E-state index contributed by atoms with van der Waals surface area (Å²) in [5, 5.41) is 7.29. The van der Waals surface area contributed by atoms with Gasteiger partial charge in [0.25, 0.3) is 5.91 Å². The molecule has 5 rings (SSSR count). The van der Waals surface area contributed by atoms with Crippen LogP contribution in [0.4, 0.5) is 20.3 Å². The second-order valence-electron chi connectivity index (χ2n) is 11.5. The molecule has 2 atom stereocenters. The number of benzene rings is 2. The molecule has 1 unspecified atom stereocenters. The molecular formula is C34H40F2N4O. The molecule has 5 nitrogen and oxygen atoms in total. The van der Waals surface area contributed by atoms with Gasteiger partial charge in [0.05, 0.1) is 5.69 Å². The van der Waals surface area contributed by atoms with E-state index in [9.17, 15) is 13.6 Å². The van der Waals surface area contributed by atoms with Crippen molar-refractivity contribution in [3.05, 3.63) is 94.2 Å². The van der Waals surface area contributed by atoms with Crippen molar-refractivity contribution in [1.29, 1.82) is 0 Å². The van der Waals surface area contributed by atoms with Crippen LogP contribution in [-0.2, 0) is 12.8 Å². The third-order valence-electron chi connectivity index (χ3n) is 8.50. The number of fused-ring (bicyclic) bond motifs is 1. The van der Waals surface area contributed by atoms with Crippen LogP contribution in [0.3, 0.4) is 0 Å².